The van der Waals surface area contributed by atoms with Crippen LogP contribution >= 0.6 is 0 Å². The number of nitrogens with one attached hydrogen (secondary N) is 1. The molecule has 0 aromatic carbocycles. The molecule has 1 rings (SSSR count). The fourth-order valence-corrected chi connectivity index (χ4v) is 1.41. The van der Waals surface area contributed by atoms with E-state index in [0.29, 0.717) is 18.9 Å². The van der Waals surface area contributed by atoms with Gasteiger partial charge in [0.1, 0.15) is 11.4 Å². The van der Waals surface area contributed by atoms with Gasteiger partial charge in [-0.25, -0.2) is 9.78 Å². The number of nitrogens with zero attached hydrogens (tertiary/aromatic N) is 1. The van der Waals surface area contributed by atoms with Crippen molar-refractivity contribution in [2.45, 2.75) is 19.4 Å². The Hall–Kier alpha value is -2.15. The lowest BCUT2D eigenvalue weighted by molar-refractivity contribution is -0.127. The number of hydrogen-bond donors (Lipinski definition) is 2. The smallest absolute Gasteiger partial charge is 0.354 e. The van der Waals surface area contributed by atoms with Gasteiger partial charge in [0.25, 0.3) is 5.91 Å². The SMILES string of the molecule is COCCCNC(=O)C(C)Oc1ccc(C(=O)O)nc1. The zero-order valence-corrected chi connectivity index (χ0v) is 11.5. The van der Waals surface area contributed by atoms with Crippen LogP contribution in [0.15, 0.2) is 18.3 Å². The summed E-state index contributed by atoms with van der Waals surface area (Å²) in [4.78, 5) is 26.0. The molecule has 0 saturated carbocycles. The normalized spacial score (nSPS) is 11.7. The van der Waals surface area contributed by atoms with Crippen molar-refractivity contribution in [2.75, 3.05) is 20.3 Å². The second-order valence-electron chi connectivity index (χ2n) is 4.08. The van der Waals surface area contributed by atoms with Gasteiger partial charge in [-0.1, -0.05) is 0 Å². The molecule has 2 N–H and O–H groups in total. The molecule has 0 radical (unpaired) electrons. The van der Waals surface area contributed by atoms with Gasteiger partial charge in [-0.3, -0.25) is 4.79 Å². The van der Waals surface area contributed by atoms with Gasteiger partial charge in [0.15, 0.2) is 6.10 Å². The third kappa shape index (κ3) is 5.23. The van der Waals surface area contributed by atoms with E-state index in [-0.39, 0.29) is 11.6 Å². The van der Waals surface area contributed by atoms with Crippen molar-refractivity contribution in [3.8, 4) is 5.75 Å². The highest BCUT2D eigenvalue weighted by Gasteiger charge is 2.14. The number of carbonyl (C=O) groups is 2. The van der Waals surface area contributed by atoms with Gasteiger partial charge < -0.3 is 19.9 Å². The Morgan fingerprint density at radius 1 is 1.45 bits per heavy atom. The summed E-state index contributed by atoms with van der Waals surface area (Å²) in [5.41, 5.74) is -0.0750. The quantitative estimate of drug-likeness (QED) is 0.681. The topological polar surface area (TPSA) is 97.8 Å². The highest BCUT2D eigenvalue weighted by Crippen LogP contribution is 2.11. The Labute approximate surface area is 116 Å². The first-order valence-electron chi connectivity index (χ1n) is 6.17. The van der Waals surface area contributed by atoms with Crippen molar-refractivity contribution in [2.24, 2.45) is 0 Å². The Bertz CT molecular complexity index is 447. The molecule has 0 aliphatic rings. The molecule has 1 atom stereocenters. The minimum Gasteiger partial charge on any atom is -0.479 e. The average Bonchev–Trinajstić information content (AvgIpc) is 2.44. The molecular formula is C13H18N2O5. The van der Waals surface area contributed by atoms with Gasteiger partial charge in [-0.2, -0.15) is 0 Å². The summed E-state index contributed by atoms with van der Waals surface area (Å²) in [6, 6.07) is 2.78. The largest absolute Gasteiger partial charge is 0.479 e. The molecule has 0 saturated heterocycles. The van der Waals surface area contributed by atoms with Crippen LogP contribution in [0.3, 0.4) is 0 Å². The lowest BCUT2D eigenvalue weighted by Gasteiger charge is -2.14. The molecule has 0 aliphatic heterocycles. The highest BCUT2D eigenvalue weighted by atomic mass is 16.5. The molecule has 0 bridgehead atoms. The van der Waals surface area contributed by atoms with E-state index in [1.165, 1.54) is 18.3 Å². The van der Waals surface area contributed by atoms with Gasteiger partial charge in [0, 0.05) is 20.3 Å². The Balaban J connectivity index is 2.42. The lowest BCUT2D eigenvalue weighted by atomic mass is 10.3. The predicted molar refractivity (Wildman–Crippen MR) is 70.8 cm³/mol. The van der Waals surface area contributed by atoms with E-state index >= 15 is 0 Å². The monoisotopic (exact) mass is 282 g/mol. The fraction of sp³-hybridized carbons (Fsp3) is 0.462. The zero-order valence-electron chi connectivity index (χ0n) is 11.5. The molecule has 1 aromatic rings. The summed E-state index contributed by atoms with van der Waals surface area (Å²) in [5, 5.41) is 11.4. The maximum atomic E-state index is 11.7. The van der Waals surface area contributed by atoms with Crippen LogP contribution in [0.2, 0.25) is 0 Å². The van der Waals surface area contributed by atoms with Crippen LogP contribution in [0, 0.1) is 0 Å². The van der Waals surface area contributed by atoms with E-state index in [9.17, 15) is 9.59 Å². The standard InChI is InChI=1S/C13H18N2O5/c1-9(12(16)14-6-3-7-19-2)20-10-4-5-11(13(17)18)15-8-10/h4-5,8-9H,3,6-7H2,1-2H3,(H,14,16)(H,17,18). The Morgan fingerprint density at radius 2 is 2.20 bits per heavy atom. The van der Waals surface area contributed by atoms with Gasteiger partial charge in [-0.05, 0) is 25.5 Å². The first kappa shape index (κ1) is 15.9. The van der Waals surface area contributed by atoms with Crippen molar-refractivity contribution in [3.05, 3.63) is 24.0 Å². The minimum atomic E-state index is -1.11. The minimum absolute atomic E-state index is 0.0750. The molecule has 1 heterocycles. The second kappa shape index (κ2) is 8.11. The van der Waals surface area contributed by atoms with Crippen molar-refractivity contribution in [1.29, 1.82) is 0 Å². The molecule has 0 fully saturated rings. The Morgan fingerprint density at radius 3 is 2.75 bits per heavy atom. The second-order valence-corrected chi connectivity index (χ2v) is 4.08. The van der Waals surface area contributed by atoms with Crippen LogP contribution in [-0.4, -0.2) is 48.3 Å². The van der Waals surface area contributed by atoms with Crippen molar-refractivity contribution < 1.29 is 24.2 Å². The summed E-state index contributed by atoms with van der Waals surface area (Å²) >= 11 is 0. The summed E-state index contributed by atoms with van der Waals surface area (Å²) in [7, 11) is 1.60. The summed E-state index contributed by atoms with van der Waals surface area (Å²) in [6.07, 6.45) is 1.32. The third-order valence-electron chi connectivity index (χ3n) is 2.46. The maximum absolute atomic E-state index is 11.7. The molecule has 1 unspecified atom stereocenters. The van der Waals surface area contributed by atoms with Gasteiger partial charge >= 0.3 is 5.97 Å². The number of aromatic nitrogens is 1. The van der Waals surface area contributed by atoms with Crippen LogP contribution in [0.5, 0.6) is 5.75 Å². The van der Waals surface area contributed by atoms with E-state index < -0.39 is 12.1 Å². The van der Waals surface area contributed by atoms with Crippen LogP contribution in [0.4, 0.5) is 0 Å². The number of ether oxygens (including phenoxy) is 2. The fourth-order valence-electron chi connectivity index (χ4n) is 1.41. The van der Waals surface area contributed by atoms with Gasteiger partial charge in [-0.15, -0.1) is 0 Å². The van der Waals surface area contributed by atoms with E-state index in [1.807, 2.05) is 0 Å². The van der Waals surface area contributed by atoms with Crippen molar-refractivity contribution in [3.63, 3.8) is 0 Å². The third-order valence-corrected chi connectivity index (χ3v) is 2.46. The zero-order chi connectivity index (χ0) is 15.0. The lowest BCUT2D eigenvalue weighted by Crippen LogP contribution is -2.37. The number of pyridine rings is 1. The summed E-state index contributed by atoms with van der Waals surface area (Å²) in [6.45, 7) is 2.70. The molecule has 1 amide bonds. The summed E-state index contributed by atoms with van der Waals surface area (Å²) in [5.74, 6) is -1.02. The van der Waals surface area contributed by atoms with Crippen LogP contribution in [0.1, 0.15) is 23.8 Å². The number of carboxylic acids is 1. The highest BCUT2D eigenvalue weighted by molar-refractivity contribution is 5.85. The number of hydrogen-bond acceptors (Lipinski definition) is 5. The molecule has 7 heteroatoms. The predicted octanol–water partition coefficient (Wildman–Crippen LogP) is 0.700. The van der Waals surface area contributed by atoms with Crippen LogP contribution in [-0.2, 0) is 9.53 Å². The first-order valence-corrected chi connectivity index (χ1v) is 6.17. The molecule has 0 aliphatic carbocycles. The van der Waals surface area contributed by atoms with Gasteiger partial charge in [0.2, 0.25) is 0 Å². The maximum Gasteiger partial charge on any atom is 0.354 e. The number of rotatable bonds is 8. The number of amides is 1. The Kier molecular flexibility index (Phi) is 6.45. The first-order chi connectivity index (χ1) is 9.54. The number of carboxylic acid groups (broad SMARTS) is 1. The number of aromatic carboxylic acids is 1. The molecule has 7 nitrogen and oxygen atoms in total. The number of methoxy groups -OCH3 is 1. The van der Waals surface area contributed by atoms with Crippen LogP contribution in [0.25, 0.3) is 0 Å². The molecule has 1 aromatic heterocycles. The van der Waals surface area contributed by atoms with Crippen molar-refractivity contribution in [1.82, 2.24) is 10.3 Å². The number of carbonyl (C=O) groups excluding carboxylic acids is 1. The van der Waals surface area contributed by atoms with E-state index in [0.717, 1.165) is 6.42 Å². The van der Waals surface area contributed by atoms with E-state index in [1.54, 1.807) is 14.0 Å². The summed E-state index contributed by atoms with van der Waals surface area (Å²) < 4.78 is 10.2. The molecule has 20 heavy (non-hydrogen) atoms. The average molecular weight is 282 g/mol. The molecular weight excluding hydrogens is 264 g/mol. The molecule has 110 valence electrons. The van der Waals surface area contributed by atoms with Crippen molar-refractivity contribution >= 4 is 11.9 Å². The van der Waals surface area contributed by atoms with E-state index in [4.69, 9.17) is 14.6 Å². The van der Waals surface area contributed by atoms with Crippen LogP contribution < -0.4 is 10.1 Å². The van der Waals surface area contributed by atoms with E-state index in [2.05, 4.69) is 10.3 Å². The molecule has 0 spiro atoms. The van der Waals surface area contributed by atoms with Gasteiger partial charge in [0.05, 0.1) is 6.20 Å².